The van der Waals surface area contributed by atoms with E-state index in [1.807, 2.05) is 45.8 Å². The van der Waals surface area contributed by atoms with Crippen LogP contribution in [0.25, 0.3) is 5.76 Å². The Labute approximate surface area is 245 Å². The number of rotatable bonds is 10. The van der Waals surface area contributed by atoms with Gasteiger partial charge in [0.15, 0.2) is 11.4 Å². The number of carbonyl (C=O) groups excluding carboxylic acids is 3. The smallest absolute Gasteiger partial charge is 0.255 e. The highest BCUT2D eigenvalue weighted by Crippen LogP contribution is 2.56. The molecule has 230 valence electrons. The van der Waals surface area contributed by atoms with Crippen LogP contribution in [0.2, 0.25) is 0 Å². The lowest BCUT2D eigenvalue weighted by atomic mass is 9.53. The summed E-state index contributed by atoms with van der Waals surface area (Å²) in [5.74, 6) is -7.60. The van der Waals surface area contributed by atoms with Gasteiger partial charge in [-0.15, -0.1) is 0 Å². The van der Waals surface area contributed by atoms with E-state index in [-0.39, 0.29) is 54.8 Å². The summed E-state index contributed by atoms with van der Waals surface area (Å²) in [5, 5.41) is 58.6. The highest BCUT2D eigenvalue weighted by atomic mass is 16.3. The first-order valence-corrected chi connectivity index (χ1v) is 14.6. The maximum atomic E-state index is 14.2. The van der Waals surface area contributed by atoms with Crippen molar-refractivity contribution in [1.29, 1.82) is 0 Å². The number of fused-ring (bicyclic) bond motifs is 3. The number of nitrogens with two attached hydrogens (primary N) is 1. The third-order valence-corrected chi connectivity index (χ3v) is 9.55. The van der Waals surface area contributed by atoms with E-state index < -0.39 is 57.9 Å². The maximum absolute atomic E-state index is 14.2. The number of benzene rings is 1. The zero-order valence-corrected chi connectivity index (χ0v) is 24.9. The number of nitrogens with one attached hydrogen (secondary N) is 1. The molecule has 0 saturated heterocycles. The van der Waals surface area contributed by atoms with Gasteiger partial charge >= 0.3 is 0 Å². The summed E-state index contributed by atoms with van der Waals surface area (Å²) < 4.78 is 0. The molecule has 1 amide bonds. The second kappa shape index (κ2) is 11.7. The average Bonchev–Trinajstić information content (AvgIpc) is 2.92. The van der Waals surface area contributed by atoms with Crippen molar-refractivity contribution in [3.05, 3.63) is 39.7 Å². The lowest BCUT2D eigenvalue weighted by Crippen LogP contribution is -2.62. The van der Waals surface area contributed by atoms with Crippen molar-refractivity contribution >= 4 is 28.9 Å². The molecule has 1 unspecified atom stereocenters. The molecule has 0 aromatic heterocycles. The number of ketones is 2. The van der Waals surface area contributed by atoms with E-state index >= 15 is 0 Å². The first-order chi connectivity index (χ1) is 19.8. The average molecular weight is 586 g/mol. The number of aliphatic hydroxyl groups excluding tert-OH is 3. The Morgan fingerprint density at radius 2 is 1.83 bits per heavy atom. The van der Waals surface area contributed by atoms with Crippen LogP contribution in [0.1, 0.15) is 63.1 Å². The molecule has 11 nitrogen and oxygen atoms in total. The fourth-order valence-corrected chi connectivity index (χ4v) is 7.27. The zero-order chi connectivity index (χ0) is 31.3. The van der Waals surface area contributed by atoms with Crippen molar-refractivity contribution < 1.29 is 39.9 Å². The monoisotopic (exact) mass is 585 g/mol. The van der Waals surface area contributed by atoms with Gasteiger partial charge in [0.25, 0.3) is 5.91 Å². The number of phenols is 1. The number of hydrogen-bond donors (Lipinski definition) is 7. The second-order valence-electron chi connectivity index (χ2n) is 12.1. The highest BCUT2D eigenvalue weighted by molar-refractivity contribution is 6.23. The molecular formula is C31H43N3O8. The third-order valence-electron chi connectivity index (χ3n) is 9.55. The molecule has 1 aromatic rings. The van der Waals surface area contributed by atoms with Crippen LogP contribution in [0.3, 0.4) is 0 Å². The number of aromatic hydroxyl groups is 1. The molecule has 0 heterocycles. The minimum absolute atomic E-state index is 0.00392. The van der Waals surface area contributed by atoms with Crippen molar-refractivity contribution in [2.24, 2.45) is 29.4 Å². The maximum Gasteiger partial charge on any atom is 0.255 e. The minimum Gasteiger partial charge on any atom is -0.508 e. The van der Waals surface area contributed by atoms with Crippen LogP contribution in [-0.2, 0) is 27.3 Å². The Hall–Kier alpha value is -3.41. The fourth-order valence-electron chi connectivity index (χ4n) is 7.27. The van der Waals surface area contributed by atoms with Gasteiger partial charge in [-0.25, -0.2) is 0 Å². The molecule has 4 rings (SSSR count). The van der Waals surface area contributed by atoms with Gasteiger partial charge in [-0.2, -0.15) is 0 Å². The van der Waals surface area contributed by atoms with Crippen molar-refractivity contribution in [2.45, 2.75) is 71.1 Å². The summed E-state index contributed by atoms with van der Waals surface area (Å²) in [6.45, 7) is 5.87. The Morgan fingerprint density at radius 3 is 2.38 bits per heavy atom. The highest BCUT2D eigenvalue weighted by Gasteiger charge is 2.64. The van der Waals surface area contributed by atoms with Crippen LogP contribution in [0.4, 0.5) is 5.69 Å². The predicted octanol–water partition coefficient (Wildman–Crippen LogP) is 2.01. The van der Waals surface area contributed by atoms with E-state index in [0.29, 0.717) is 30.4 Å². The van der Waals surface area contributed by atoms with Crippen molar-refractivity contribution in [3.63, 3.8) is 0 Å². The first kappa shape index (κ1) is 31.5. The van der Waals surface area contributed by atoms with Crippen molar-refractivity contribution in [1.82, 2.24) is 5.32 Å². The molecule has 11 heteroatoms. The van der Waals surface area contributed by atoms with E-state index in [9.17, 15) is 39.9 Å². The van der Waals surface area contributed by atoms with Crippen LogP contribution in [0.15, 0.2) is 23.0 Å². The number of carbonyl (C=O) groups is 3. The number of hydrogen-bond acceptors (Lipinski definition) is 10. The summed E-state index contributed by atoms with van der Waals surface area (Å²) in [7, 11) is 3.66. The van der Waals surface area contributed by atoms with Crippen LogP contribution in [-0.4, -0.2) is 75.4 Å². The number of nitrogens with zero attached hydrogens (tertiary/aromatic N) is 1. The summed E-state index contributed by atoms with van der Waals surface area (Å²) in [5.41, 5.74) is 3.77. The Balaban J connectivity index is 1.92. The van der Waals surface area contributed by atoms with Gasteiger partial charge in [0.2, 0.25) is 5.78 Å². The predicted molar refractivity (Wildman–Crippen MR) is 157 cm³/mol. The Bertz CT molecular complexity index is 1360. The summed E-state index contributed by atoms with van der Waals surface area (Å²) in [6.07, 6.45) is 1.89. The van der Waals surface area contributed by atoms with E-state index in [0.717, 1.165) is 5.69 Å². The number of primary amides is 1. The molecule has 5 atom stereocenters. The SMILES string of the molecule is CCC(CC)[C@H]1C(=O)C(C(N)=O)=C(O)[C@@]2(O)C(=O)C3=C(O)c4c(O)c(CNC(C)CCO)cc(N(C)C)c4C[C@H]3C[C@@H]12. The lowest BCUT2D eigenvalue weighted by Gasteiger charge is -2.50. The molecule has 0 bridgehead atoms. The molecule has 3 aliphatic carbocycles. The fraction of sp³-hybridized carbons (Fsp3) is 0.581. The number of Topliss-reactive ketones (excluding diaryl/α,β-unsaturated/α-hetero) is 2. The van der Waals surface area contributed by atoms with Crippen LogP contribution in [0, 0.1) is 23.7 Å². The number of amides is 1. The van der Waals surface area contributed by atoms with Gasteiger partial charge in [0.05, 0.1) is 5.56 Å². The first-order valence-electron chi connectivity index (χ1n) is 14.6. The van der Waals surface area contributed by atoms with Crippen LogP contribution < -0.4 is 16.0 Å². The molecule has 1 fully saturated rings. The molecule has 0 radical (unpaired) electrons. The molecule has 1 saturated carbocycles. The van der Waals surface area contributed by atoms with E-state index in [1.54, 1.807) is 0 Å². The second-order valence-corrected chi connectivity index (χ2v) is 12.1. The Morgan fingerprint density at radius 1 is 1.19 bits per heavy atom. The number of phenolic OH excluding ortho intramolecular Hbond substituents is 1. The number of anilines is 1. The summed E-state index contributed by atoms with van der Waals surface area (Å²) in [4.78, 5) is 42.0. The van der Waals surface area contributed by atoms with E-state index in [2.05, 4.69) is 5.32 Å². The summed E-state index contributed by atoms with van der Waals surface area (Å²) >= 11 is 0. The van der Waals surface area contributed by atoms with Gasteiger partial charge in [0.1, 0.15) is 22.8 Å². The third kappa shape index (κ3) is 4.77. The van der Waals surface area contributed by atoms with Crippen LogP contribution >= 0.6 is 0 Å². The quantitative estimate of drug-likeness (QED) is 0.200. The molecule has 0 aliphatic heterocycles. The number of aliphatic hydroxyl groups is 4. The normalized spacial score (nSPS) is 26.2. The molecule has 8 N–H and O–H groups in total. The van der Waals surface area contributed by atoms with Gasteiger partial charge in [-0.05, 0) is 49.7 Å². The molecule has 42 heavy (non-hydrogen) atoms. The van der Waals surface area contributed by atoms with Crippen LogP contribution in [0.5, 0.6) is 5.75 Å². The summed E-state index contributed by atoms with van der Waals surface area (Å²) in [6, 6.07) is 1.76. The molecule has 0 spiro atoms. The lowest BCUT2D eigenvalue weighted by molar-refractivity contribution is -0.155. The van der Waals surface area contributed by atoms with Crippen molar-refractivity contribution in [2.75, 3.05) is 25.6 Å². The van der Waals surface area contributed by atoms with E-state index in [1.165, 1.54) is 0 Å². The van der Waals surface area contributed by atoms with Gasteiger partial charge in [-0.1, -0.05) is 26.7 Å². The Kier molecular flexibility index (Phi) is 8.78. The topological polar surface area (TPSA) is 194 Å². The molecule has 3 aliphatic rings. The minimum atomic E-state index is -2.64. The van der Waals surface area contributed by atoms with Crippen molar-refractivity contribution in [3.8, 4) is 5.75 Å². The van der Waals surface area contributed by atoms with E-state index in [4.69, 9.17) is 5.73 Å². The van der Waals surface area contributed by atoms with Gasteiger partial charge < -0.3 is 41.5 Å². The molecule has 1 aromatic carbocycles. The molecular weight excluding hydrogens is 542 g/mol. The zero-order valence-electron chi connectivity index (χ0n) is 24.9. The van der Waals surface area contributed by atoms with Gasteiger partial charge in [0, 0.05) is 61.9 Å². The standard InChI is InChI=1S/C31H43N3O8/c1-6-15(7-2)21-19-11-16-10-18-20(34(4)5)12-17(13-33-14(3)8-9-35)25(36)23(18)27(38)22(16)28(39)31(19,42)29(40)24(26(21)37)30(32)41/h12,14-16,19,21,33,35-36,38,40,42H,6-11,13H2,1-5H3,(H2,32,41)/t14?,16-,19-,21+,31-/m0/s1. The largest absolute Gasteiger partial charge is 0.508 e. The van der Waals surface area contributed by atoms with Gasteiger partial charge in [-0.3, -0.25) is 14.4 Å².